The van der Waals surface area contributed by atoms with Gasteiger partial charge in [-0.05, 0) is 18.9 Å². The molecular formula is C12H12F3NO4. The highest BCUT2D eigenvalue weighted by Crippen LogP contribution is 2.29. The Morgan fingerprint density at radius 2 is 2.10 bits per heavy atom. The van der Waals surface area contributed by atoms with Crippen LogP contribution in [0.5, 0.6) is 0 Å². The molecule has 1 fully saturated rings. The van der Waals surface area contributed by atoms with E-state index < -0.39 is 35.6 Å². The lowest BCUT2D eigenvalue weighted by Gasteiger charge is -2.18. The molecule has 0 amide bonds. The maximum atomic E-state index is 12.8. The Hall–Kier alpha value is -1.83. The van der Waals surface area contributed by atoms with Crippen molar-refractivity contribution >= 4 is 5.97 Å². The largest absolute Gasteiger partial charge is 0.479 e. The third-order valence-electron chi connectivity index (χ3n) is 3.11. The predicted octanol–water partition coefficient (Wildman–Crippen LogP) is 1.50. The number of hydrogen-bond acceptors (Lipinski definition) is 3. The fourth-order valence-electron chi connectivity index (χ4n) is 2.18. The number of nitrogens with zero attached hydrogens (tertiary/aromatic N) is 1. The summed E-state index contributed by atoms with van der Waals surface area (Å²) in [6.07, 6.45) is -5.85. The van der Waals surface area contributed by atoms with Crippen molar-refractivity contribution in [2.75, 3.05) is 0 Å². The van der Waals surface area contributed by atoms with Crippen molar-refractivity contribution in [3.05, 3.63) is 34.2 Å². The van der Waals surface area contributed by atoms with E-state index in [1.807, 2.05) is 0 Å². The molecule has 110 valence electrons. The average molecular weight is 291 g/mol. The quantitative estimate of drug-likeness (QED) is 0.916. The Labute approximate surface area is 111 Å². The molecule has 0 aromatic carbocycles. The number of rotatable bonds is 3. The summed E-state index contributed by atoms with van der Waals surface area (Å²) in [7, 11) is 0. The number of pyridine rings is 1. The summed E-state index contributed by atoms with van der Waals surface area (Å²) >= 11 is 0. The van der Waals surface area contributed by atoms with Gasteiger partial charge in [0.15, 0.2) is 6.10 Å². The van der Waals surface area contributed by atoms with Crippen LogP contribution in [-0.4, -0.2) is 27.9 Å². The molecule has 0 radical (unpaired) electrons. The molecule has 2 atom stereocenters. The summed E-state index contributed by atoms with van der Waals surface area (Å²) in [5, 5.41) is 8.76. The lowest BCUT2D eigenvalue weighted by molar-refractivity contribution is -0.151. The van der Waals surface area contributed by atoms with Crippen LogP contribution in [-0.2, 0) is 22.3 Å². The molecule has 1 saturated heterocycles. The summed E-state index contributed by atoms with van der Waals surface area (Å²) in [6, 6.07) is 2.88. The molecule has 5 nitrogen and oxygen atoms in total. The summed E-state index contributed by atoms with van der Waals surface area (Å²) in [4.78, 5) is 22.3. The van der Waals surface area contributed by atoms with Crippen LogP contribution in [0.4, 0.5) is 13.2 Å². The minimum absolute atomic E-state index is 0.225. The van der Waals surface area contributed by atoms with Gasteiger partial charge in [0.25, 0.3) is 5.56 Å². The summed E-state index contributed by atoms with van der Waals surface area (Å²) in [6.45, 7) is -0.307. The molecular weight excluding hydrogens is 279 g/mol. The first-order chi connectivity index (χ1) is 9.29. The number of carbonyl (C=O) groups is 1. The molecule has 0 spiro atoms. The number of alkyl halides is 3. The van der Waals surface area contributed by atoms with E-state index in [0.717, 1.165) is 18.2 Å². The van der Waals surface area contributed by atoms with Gasteiger partial charge in [0.1, 0.15) is 5.69 Å². The van der Waals surface area contributed by atoms with Crippen LogP contribution >= 0.6 is 0 Å². The number of carboxylic acid groups (broad SMARTS) is 1. The van der Waals surface area contributed by atoms with Crippen LogP contribution in [0.1, 0.15) is 18.5 Å². The molecule has 2 heterocycles. The van der Waals surface area contributed by atoms with Crippen LogP contribution in [0.15, 0.2) is 23.0 Å². The van der Waals surface area contributed by atoms with Gasteiger partial charge in [0.05, 0.1) is 12.6 Å². The number of halogens is 3. The standard InChI is InChI=1S/C12H12F3NO4/c13-12(14,15)9-2-1-3-10(17)16(9)6-7-4-5-8(20-7)11(18)19/h1-3,7-8H,4-6H2,(H,18,19). The molecule has 0 aliphatic carbocycles. The lowest BCUT2D eigenvalue weighted by Crippen LogP contribution is -2.32. The number of carboxylic acids is 1. The van der Waals surface area contributed by atoms with Gasteiger partial charge < -0.3 is 14.4 Å². The second-order valence-corrected chi connectivity index (χ2v) is 4.52. The van der Waals surface area contributed by atoms with E-state index in [1.54, 1.807) is 0 Å². The zero-order valence-electron chi connectivity index (χ0n) is 10.3. The molecule has 1 N–H and O–H groups in total. The van der Waals surface area contributed by atoms with Crippen molar-refractivity contribution in [2.45, 2.75) is 37.8 Å². The van der Waals surface area contributed by atoms with Crippen molar-refractivity contribution in [3.8, 4) is 0 Å². The van der Waals surface area contributed by atoms with Crippen molar-refractivity contribution in [1.29, 1.82) is 0 Å². The number of aliphatic carboxylic acids is 1. The van der Waals surface area contributed by atoms with E-state index in [-0.39, 0.29) is 13.0 Å². The lowest BCUT2D eigenvalue weighted by atomic mass is 10.2. The van der Waals surface area contributed by atoms with Gasteiger partial charge in [0.2, 0.25) is 0 Å². The van der Waals surface area contributed by atoms with E-state index in [0.29, 0.717) is 11.0 Å². The van der Waals surface area contributed by atoms with Crippen LogP contribution in [0.3, 0.4) is 0 Å². The number of ether oxygens (including phenoxy) is 1. The van der Waals surface area contributed by atoms with Crippen molar-refractivity contribution in [2.24, 2.45) is 0 Å². The van der Waals surface area contributed by atoms with Gasteiger partial charge in [-0.15, -0.1) is 0 Å². The van der Waals surface area contributed by atoms with Gasteiger partial charge in [-0.25, -0.2) is 4.79 Å². The number of aromatic nitrogens is 1. The Morgan fingerprint density at radius 3 is 2.65 bits per heavy atom. The maximum absolute atomic E-state index is 12.8. The smallest absolute Gasteiger partial charge is 0.431 e. The van der Waals surface area contributed by atoms with Crippen LogP contribution in [0.25, 0.3) is 0 Å². The highest BCUT2D eigenvalue weighted by atomic mass is 19.4. The van der Waals surface area contributed by atoms with Gasteiger partial charge in [0, 0.05) is 6.07 Å². The predicted molar refractivity (Wildman–Crippen MR) is 61.2 cm³/mol. The Balaban J connectivity index is 2.22. The van der Waals surface area contributed by atoms with Crippen molar-refractivity contribution < 1.29 is 27.8 Å². The third-order valence-corrected chi connectivity index (χ3v) is 3.11. The molecule has 2 rings (SSSR count). The average Bonchev–Trinajstić information content (AvgIpc) is 2.79. The number of hydrogen-bond donors (Lipinski definition) is 1. The van der Waals surface area contributed by atoms with E-state index >= 15 is 0 Å². The normalized spacial score (nSPS) is 22.9. The minimum atomic E-state index is -4.65. The van der Waals surface area contributed by atoms with Crippen LogP contribution < -0.4 is 5.56 Å². The zero-order valence-corrected chi connectivity index (χ0v) is 10.3. The van der Waals surface area contributed by atoms with Crippen LogP contribution in [0, 0.1) is 0 Å². The highest BCUT2D eigenvalue weighted by molar-refractivity contribution is 5.72. The fraction of sp³-hybridized carbons (Fsp3) is 0.500. The summed E-state index contributed by atoms with van der Waals surface area (Å²) in [5.74, 6) is -1.15. The highest BCUT2D eigenvalue weighted by Gasteiger charge is 2.36. The molecule has 1 aromatic rings. The first-order valence-corrected chi connectivity index (χ1v) is 5.94. The monoisotopic (exact) mass is 291 g/mol. The SMILES string of the molecule is O=C(O)C1CCC(Cn2c(C(F)(F)F)cccc2=O)O1. The first-order valence-electron chi connectivity index (χ1n) is 5.94. The first kappa shape index (κ1) is 14.6. The third kappa shape index (κ3) is 3.01. The van der Waals surface area contributed by atoms with E-state index in [2.05, 4.69) is 0 Å². The second kappa shape index (κ2) is 5.28. The Bertz CT molecular complexity index is 567. The van der Waals surface area contributed by atoms with Crippen molar-refractivity contribution in [3.63, 3.8) is 0 Å². The van der Waals surface area contributed by atoms with Gasteiger partial charge in [-0.3, -0.25) is 4.79 Å². The molecule has 1 aromatic heterocycles. The zero-order chi connectivity index (χ0) is 14.9. The molecule has 1 aliphatic rings. The fourth-order valence-corrected chi connectivity index (χ4v) is 2.18. The topological polar surface area (TPSA) is 68.5 Å². The maximum Gasteiger partial charge on any atom is 0.431 e. The molecule has 20 heavy (non-hydrogen) atoms. The molecule has 0 bridgehead atoms. The van der Waals surface area contributed by atoms with E-state index in [9.17, 15) is 22.8 Å². The second-order valence-electron chi connectivity index (χ2n) is 4.52. The van der Waals surface area contributed by atoms with Gasteiger partial charge in [-0.1, -0.05) is 6.07 Å². The van der Waals surface area contributed by atoms with Gasteiger partial charge in [-0.2, -0.15) is 13.2 Å². The van der Waals surface area contributed by atoms with Crippen molar-refractivity contribution in [1.82, 2.24) is 4.57 Å². The molecule has 2 unspecified atom stereocenters. The Kier molecular flexibility index (Phi) is 3.85. The Morgan fingerprint density at radius 1 is 1.40 bits per heavy atom. The van der Waals surface area contributed by atoms with E-state index in [4.69, 9.17) is 9.84 Å². The minimum Gasteiger partial charge on any atom is -0.479 e. The van der Waals surface area contributed by atoms with E-state index in [1.165, 1.54) is 0 Å². The molecule has 1 aliphatic heterocycles. The summed E-state index contributed by atoms with van der Waals surface area (Å²) < 4.78 is 44.1. The molecule has 0 saturated carbocycles. The summed E-state index contributed by atoms with van der Waals surface area (Å²) in [5.41, 5.74) is -1.85. The van der Waals surface area contributed by atoms with Gasteiger partial charge >= 0.3 is 12.1 Å². The molecule has 8 heteroatoms. The van der Waals surface area contributed by atoms with Crippen LogP contribution in [0.2, 0.25) is 0 Å².